The van der Waals surface area contributed by atoms with Crippen molar-refractivity contribution < 1.29 is 62.0 Å². The van der Waals surface area contributed by atoms with Crippen molar-refractivity contribution in [1.82, 2.24) is 59.3 Å². The summed E-state index contributed by atoms with van der Waals surface area (Å²) in [6, 6.07) is 27.2. The van der Waals surface area contributed by atoms with Crippen molar-refractivity contribution in [3.05, 3.63) is 209 Å². The van der Waals surface area contributed by atoms with Gasteiger partial charge in [-0.15, -0.1) is 0 Å². The van der Waals surface area contributed by atoms with Crippen LogP contribution in [0.4, 0.5) is 47.3 Å². The Kier molecular flexibility index (Phi) is 27.7. The number of urea groups is 1. The summed E-state index contributed by atoms with van der Waals surface area (Å²) in [5, 5.41) is 39.5. The zero-order valence-corrected chi connectivity index (χ0v) is 71.4. The van der Waals surface area contributed by atoms with Crippen LogP contribution in [-0.2, 0) is 43.2 Å². The Hall–Kier alpha value is -12.0. The van der Waals surface area contributed by atoms with Crippen LogP contribution in [0, 0.1) is 17.5 Å². The quantitative estimate of drug-likeness (QED) is 0.0413. The normalized spacial score (nSPS) is 16.8. The number of nitrogens with zero attached hydrogens (tertiary/aromatic N) is 15. The van der Waals surface area contributed by atoms with Crippen LogP contribution >= 0.6 is 34.8 Å². The lowest BCUT2D eigenvalue weighted by Gasteiger charge is -2.36. The number of nitrogens with two attached hydrogens (primary N) is 1. The standard InChI is InChI=1S/C30H34ClFN6O3.C30H33ClFN5O4.C28H31ClFN7O3/c1-4-24(40)37-11-13-38(14-12-37)29-22-17-23(31)26(21-16-19(39)15-18-7-5-6-8-20(18)21)27(32)28(22)34-30(35-29)33-10-9-25(41)36(2)3;1-4-24(39)36-10-12-37(13-11-36)29-22-17-23(31)26(21-16-19(38)15-18-7-5-6-8-20(18)21)27(32)28(22)33-30(34-29)41-14-9-25(40)35(2)3;1-35(2)22(39)7-8-32-28-33-25-20(26(34-28)36-9-11-37(12-10-36)27(31)40)15-21(29)23(24(25)30)19-14-17(38)13-16-5-3-4-6-18(16)19/h5-8,16-17,21,39H,4,9-15H2,1-3H3,(H,33,34,35);5-8,16-17,21,38H,4,9-15H2,1-3H3;3-6,14-15,19,38H,7-13H2,1-2H3,(H2,31,40)(H,32,33,34)/t2*21-;19-/m111/s1. The van der Waals surface area contributed by atoms with E-state index >= 15 is 13.2 Å². The predicted molar refractivity (Wildman–Crippen MR) is 466 cm³/mol. The molecule has 0 bridgehead atoms. The molecule has 642 valence electrons. The summed E-state index contributed by atoms with van der Waals surface area (Å²) in [7, 11) is 10.0. The van der Waals surface area contributed by atoms with E-state index in [0.29, 0.717) is 144 Å². The van der Waals surface area contributed by atoms with Crippen LogP contribution in [0.5, 0.6) is 6.01 Å². The molecule has 0 spiro atoms. The number of carbonyl (C=O) groups is 6. The molecule has 0 saturated carbocycles. The first-order chi connectivity index (χ1) is 58.5. The number of aromatic nitrogens is 6. The van der Waals surface area contributed by atoms with Crippen LogP contribution in [0.3, 0.4) is 0 Å². The zero-order chi connectivity index (χ0) is 87.1. The Morgan fingerprint density at radius 1 is 0.451 bits per heavy atom. The van der Waals surface area contributed by atoms with Crippen LogP contribution in [0.25, 0.3) is 32.7 Å². The molecule has 3 atom stereocenters. The lowest BCUT2D eigenvalue weighted by Crippen LogP contribution is -2.50. The molecule has 0 unspecified atom stereocenters. The van der Waals surface area contributed by atoms with E-state index in [9.17, 15) is 44.1 Å². The molecule has 3 aromatic heterocycles. The van der Waals surface area contributed by atoms with E-state index < -0.39 is 41.2 Å². The first-order valence-corrected chi connectivity index (χ1v) is 41.7. The highest BCUT2D eigenvalue weighted by Crippen LogP contribution is 2.47. The second-order valence-corrected chi connectivity index (χ2v) is 32.3. The number of piperazine rings is 3. The smallest absolute Gasteiger partial charge is 0.319 e. The van der Waals surface area contributed by atoms with E-state index in [1.807, 2.05) is 106 Å². The highest BCUT2D eigenvalue weighted by Gasteiger charge is 2.36. The topological polar surface area (TPSA) is 329 Å². The summed E-state index contributed by atoms with van der Waals surface area (Å²) in [5.41, 5.74) is 11.6. The summed E-state index contributed by atoms with van der Waals surface area (Å²) in [4.78, 5) is 115. The Morgan fingerprint density at radius 3 is 1.09 bits per heavy atom. The molecule has 9 aromatic rings. The highest BCUT2D eigenvalue weighted by atomic mass is 35.5. The molecule has 15 rings (SSSR count). The minimum Gasteiger partial charge on any atom is -0.512 e. The van der Waals surface area contributed by atoms with Crippen LogP contribution in [0.2, 0.25) is 15.1 Å². The minimum atomic E-state index is -0.629. The number of ether oxygens (including phenoxy) is 1. The summed E-state index contributed by atoms with van der Waals surface area (Å²) in [5.74, 6) is -1.49. The molecule has 28 nitrogen and oxygen atoms in total. The lowest BCUT2D eigenvalue weighted by atomic mass is 9.82. The van der Waals surface area contributed by atoms with E-state index in [1.165, 1.54) is 19.6 Å². The fourth-order valence-corrected chi connectivity index (χ4v) is 17.0. The van der Waals surface area contributed by atoms with Crippen LogP contribution in [-0.4, -0.2) is 251 Å². The van der Waals surface area contributed by atoms with E-state index in [2.05, 4.69) is 35.6 Å². The van der Waals surface area contributed by atoms with Crippen LogP contribution < -0.4 is 35.8 Å². The molecule has 34 heteroatoms. The summed E-state index contributed by atoms with van der Waals surface area (Å²) >= 11 is 20.4. The van der Waals surface area contributed by atoms with E-state index in [-0.39, 0.29) is 152 Å². The number of rotatable bonds is 20. The summed E-state index contributed by atoms with van der Waals surface area (Å²) in [6.07, 6.45) is 7.38. The van der Waals surface area contributed by atoms with Crippen molar-refractivity contribution in [1.29, 1.82) is 0 Å². The number of amides is 7. The predicted octanol–water partition coefficient (Wildman–Crippen LogP) is 12.6. The van der Waals surface area contributed by atoms with E-state index in [4.69, 9.17) is 50.3 Å². The first kappa shape index (κ1) is 87.8. The monoisotopic (exact) mass is 1730 g/mol. The number of aliphatic hydroxyl groups is 3. The largest absolute Gasteiger partial charge is 0.512 e. The van der Waals surface area contributed by atoms with Gasteiger partial charge < -0.3 is 80.5 Å². The highest BCUT2D eigenvalue weighted by molar-refractivity contribution is 6.33. The molecular formula is C88H98Cl3F3N18O10. The third-order valence-electron chi connectivity index (χ3n) is 22.6. The number of carbonyl (C=O) groups excluding carboxylic acids is 6. The van der Waals surface area contributed by atoms with Gasteiger partial charge in [0.25, 0.3) is 0 Å². The Balaban J connectivity index is 0.000000158. The number of anilines is 5. The maximum Gasteiger partial charge on any atom is 0.319 e. The van der Waals surface area contributed by atoms with Gasteiger partial charge in [-0.1, -0.05) is 121 Å². The molecule has 3 fully saturated rings. The molecule has 6 heterocycles. The maximum atomic E-state index is 16.6. The van der Waals surface area contributed by atoms with Gasteiger partial charge in [-0.25, -0.2) is 27.9 Å². The molecule has 7 amide bonds. The molecule has 7 N–H and O–H groups in total. The van der Waals surface area contributed by atoms with E-state index in [1.54, 1.807) is 83.6 Å². The van der Waals surface area contributed by atoms with Gasteiger partial charge in [0.1, 0.15) is 40.6 Å². The number of allylic oxidation sites excluding steroid dienone is 6. The number of benzene rings is 6. The molecule has 6 aromatic carbocycles. The number of primary amides is 1. The molecule has 6 aliphatic rings. The Morgan fingerprint density at radius 2 is 0.762 bits per heavy atom. The number of hydrogen-bond acceptors (Lipinski definition) is 21. The van der Waals surface area contributed by atoms with Crippen LogP contribution in [0.1, 0.15) is 114 Å². The number of aliphatic hydroxyl groups excluding tert-OH is 3. The first-order valence-electron chi connectivity index (χ1n) is 40.6. The maximum absolute atomic E-state index is 16.6. The van der Waals surface area contributed by atoms with Crippen molar-refractivity contribution in [3.8, 4) is 6.01 Å². The average Bonchev–Trinajstić information content (AvgIpc) is 0.752. The van der Waals surface area contributed by atoms with Gasteiger partial charge in [-0.05, 0) is 69.8 Å². The van der Waals surface area contributed by atoms with Gasteiger partial charge in [0, 0.05) is 245 Å². The number of fused-ring (bicyclic) bond motifs is 6. The van der Waals surface area contributed by atoms with Gasteiger partial charge in [-0.3, -0.25) is 24.0 Å². The lowest BCUT2D eigenvalue weighted by molar-refractivity contribution is -0.131. The third kappa shape index (κ3) is 19.3. The number of halogens is 6. The fourth-order valence-electron chi connectivity index (χ4n) is 16.1. The minimum absolute atomic E-state index is 0.0232. The SMILES string of the molecule is CCC(=O)N1CCN(c2nc(NCCC(=O)N(C)C)nc3c(F)c([C@@H]4C=C(O)Cc5ccccc54)c(Cl)cc23)CC1.CCC(=O)N1CCN(c2nc(OCCC(=O)N(C)C)nc3c(F)c([C@@H]4C=C(O)Cc5ccccc54)c(Cl)cc23)CC1.CN(C)C(=O)CCNc1nc(N2CCN(C(N)=O)CC2)c2cc(Cl)c([C@@H]3C=C(O)Cc4ccccc43)c(F)c2n1. The van der Waals surface area contributed by atoms with Crippen molar-refractivity contribution in [2.45, 2.75) is 83.0 Å². The fraction of sp³-hybridized carbons (Fsp3) is 0.386. The third-order valence-corrected chi connectivity index (χ3v) is 23.6. The molecular weight excluding hydrogens is 1630 g/mol. The van der Waals surface area contributed by atoms with Gasteiger partial charge in [0.15, 0.2) is 17.5 Å². The van der Waals surface area contributed by atoms with Crippen LogP contribution in [0.15, 0.2) is 127 Å². The van der Waals surface area contributed by atoms with Crippen molar-refractivity contribution >= 4 is 132 Å². The van der Waals surface area contributed by atoms with Crippen molar-refractivity contribution in [2.75, 3.05) is 166 Å². The summed E-state index contributed by atoms with van der Waals surface area (Å²) < 4.78 is 55.4. The second-order valence-electron chi connectivity index (χ2n) is 31.1. The van der Waals surface area contributed by atoms with Gasteiger partial charge in [0.2, 0.25) is 41.4 Å². The second kappa shape index (κ2) is 38.4. The average molecular weight is 1730 g/mol. The van der Waals surface area contributed by atoms with Gasteiger partial charge >= 0.3 is 12.0 Å². The van der Waals surface area contributed by atoms with Crippen molar-refractivity contribution in [2.24, 2.45) is 5.73 Å². The Labute approximate surface area is 719 Å². The molecule has 3 saturated heterocycles. The number of nitrogens with one attached hydrogen (secondary N) is 2. The van der Waals surface area contributed by atoms with Crippen molar-refractivity contribution in [3.63, 3.8) is 0 Å². The van der Waals surface area contributed by atoms with Gasteiger partial charge in [-0.2, -0.15) is 19.9 Å². The zero-order valence-electron chi connectivity index (χ0n) is 69.1. The van der Waals surface area contributed by atoms with E-state index in [0.717, 1.165) is 33.4 Å². The molecule has 0 radical (unpaired) electrons. The molecule has 122 heavy (non-hydrogen) atoms. The summed E-state index contributed by atoms with van der Waals surface area (Å²) in [6.45, 7) is 9.93. The number of hydrogen-bond donors (Lipinski definition) is 6. The Bertz CT molecular complexity index is 5390. The molecule has 3 aliphatic heterocycles. The molecule has 3 aliphatic carbocycles. The van der Waals surface area contributed by atoms with Gasteiger partial charge in [0.05, 0.1) is 23.7 Å².